The van der Waals surface area contributed by atoms with Crippen molar-refractivity contribution in [1.82, 2.24) is 5.32 Å². The number of carbonyl (C=O) groups excluding carboxylic acids is 1. The van der Waals surface area contributed by atoms with E-state index in [4.69, 9.17) is 5.73 Å². The Labute approximate surface area is 131 Å². The van der Waals surface area contributed by atoms with Gasteiger partial charge in [-0.2, -0.15) is 0 Å². The summed E-state index contributed by atoms with van der Waals surface area (Å²) in [6.07, 6.45) is 0.200. The van der Waals surface area contributed by atoms with Crippen molar-refractivity contribution < 1.29 is 13.6 Å². The van der Waals surface area contributed by atoms with E-state index in [1.54, 1.807) is 6.07 Å². The van der Waals surface area contributed by atoms with Gasteiger partial charge in [0.1, 0.15) is 6.17 Å². The zero-order chi connectivity index (χ0) is 16.1. The van der Waals surface area contributed by atoms with Crippen molar-refractivity contribution in [3.8, 4) is 0 Å². The fraction of sp³-hybridized carbons (Fsp3) is 0.235. The number of hydrogen-bond acceptors (Lipinski definition) is 3. The molecule has 0 saturated heterocycles. The topological polar surface area (TPSA) is 58.4 Å². The highest BCUT2D eigenvalue weighted by atomic mass is 19.2. The summed E-state index contributed by atoms with van der Waals surface area (Å²) in [4.78, 5) is 14.4. The molecule has 0 aromatic heterocycles. The van der Waals surface area contributed by atoms with Crippen LogP contribution >= 0.6 is 0 Å². The molecule has 0 fully saturated rings. The average molecular weight is 315 g/mol. The van der Waals surface area contributed by atoms with Gasteiger partial charge in [-0.3, -0.25) is 4.79 Å². The Balaban J connectivity index is 1.85. The van der Waals surface area contributed by atoms with Gasteiger partial charge < -0.3 is 16.0 Å². The van der Waals surface area contributed by atoms with Crippen LogP contribution in [0.4, 0.5) is 14.5 Å². The number of nitrogens with two attached hydrogens (primary N) is 1. The third-order valence-electron chi connectivity index (χ3n) is 4.52. The summed E-state index contributed by atoms with van der Waals surface area (Å²) in [5.74, 6) is -2.07. The van der Waals surface area contributed by atoms with E-state index in [1.165, 1.54) is 6.07 Å². The Bertz CT molecular complexity index is 808. The number of rotatable bonds is 1. The second-order valence-corrected chi connectivity index (χ2v) is 5.88. The third-order valence-corrected chi connectivity index (χ3v) is 4.52. The minimum absolute atomic E-state index is 0.127. The van der Waals surface area contributed by atoms with Gasteiger partial charge >= 0.3 is 0 Å². The quantitative estimate of drug-likeness (QED) is 0.850. The van der Waals surface area contributed by atoms with Crippen LogP contribution in [0.25, 0.3) is 0 Å². The molecule has 2 aliphatic heterocycles. The standard InChI is InChI=1S/C17H15F2N3O/c18-12-5-4-9(8-13(12)19)16-21-17(23)11-3-1-2-10-14(20)6-7-22(16)15(10)11/h1-5,8,14,16H,6-7,20H2,(H,21,23)/t14-,16-/m0/s1. The fourth-order valence-electron chi connectivity index (χ4n) is 3.39. The number of amides is 1. The molecule has 3 N–H and O–H groups in total. The molecule has 6 heteroatoms. The predicted molar refractivity (Wildman–Crippen MR) is 81.9 cm³/mol. The maximum absolute atomic E-state index is 13.6. The maximum Gasteiger partial charge on any atom is 0.255 e. The summed E-state index contributed by atoms with van der Waals surface area (Å²) in [5, 5.41) is 2.87. The SMILES string of the molecule is N[C@H]1CCN2c3c(cccc31)C(=O)N[C@@H]2c1ccc(F)c(F)c1. The smallest absolute Gasteiger partial charge is 0.255 e. The summed E-state index contributed by atoms with van der Waals surface area (Å²) >= 11 is 0. The van der Waals surface area contributed by atoms with E-state index in [-0.39, 0.29) is 11.9 Å². The van der Waals surface area contributed by atoms with Crippen LogP contribution in [-0.4, -0.2) is 12.5 Å². The lowest BCUT2D eigenvalue weighted by atomic mass is 9.90. The molecule has 2 aromatic rings. The molecule has 2 aliphatic rings. The van der Waals surface area contributed by atoms with Crippen LogP contribution in [0.3, 0.4) is 0 Å². The molecule has 2 heterocycles. The normalized spacial score (nSPS) is 22.6. The van der Waals surface area contributed by atoms with Crippen LogP contribution in [0, 0.1) is 11.6 Å². The fourth-order valence-corrected chi connectivity index (χ4v) is 3.39. The van der Waals surface area contributed by atoms with Crippen molar-refractivity contribution >= 4 is 11.6 Å². The molecule has 1 amide bonds. The van der Waals surface area contributed by atoms with Gasteiger partial charge in [-0.15, -0.1) is 0 Å². The number of anilines is 1. The number of nitrogens with one attached hydrogen (secondary N) is 1. The number of hydrogen-bond donors (Lipinski definition) is 2. The summed E-state index contributed by atoms with van der Waals surface area (Å²) < 4.78 is 26.8. The van der Waals surface area contributed by atoms with Crippen molar-refractivity contribution in [3.05, 3.63) is 64.7 Å². The first-order valence-electron chi connectivity index (χ1n) is 7.47. The van der Waals surface area contributed by atoms with Crippen LogP contribution in [0.5, 0.6) is 0 Å². The molecule has 118 valence electrons. The Morgan fingerprint density at radius 1 is 1.17 bits per heavy atom. The zero-order valence-corrected chi connectivity index (χ0v) is 12.2. The maximum atomic E-state index is 13.6. The molecular weight excluding hydrogens is 300 g/mol. The molecule has 0 unspecified atom stereocenters. The second-order valence-electron chi connectivity index (χ2n) is 5.88. The second kappa shape index (κ2) is 5.03. The average Bonchev–Trinajstić information content (AvgIpc) is 2.55. The largest absolute Gasteiger partial charge is 0.346 e. The third kappa shape index (κ3) is 2.09. The van der Waals surface area contributed by atoms with Gasteiger partial charge in [0.25, 0.3) is 5.91 Å². The van der Waals surface area contributed by atoms with Crippen molar-refractivity contribution in [2.24, 2.45) is 5.73 Å². The number of halogens is 2. The van der Waals surface area contributed by atoms with Gasteiger partial charge in [0, 0.05) is 12.6 Å². The number of carbonyl (C=O) groups is 1. The molecule has 0 radical (unpaired) electrons. The Hall–Kier alpha value is -2.47. The van der Waals surface area contributed by atoms with E-state index in [9.17, 15) is 13.6 Å². The van der Waals surface area contributed by atoms with Gasteiger partial charge in [0.05, 0.1) is 11.3 Å². The van der Waals surface area contributed by atoms with Crippen LogP contribution in [0.2, 0.25) is 0 Å². The Morgan fingerprint density at radius 3 is 2.78 bits per heavy atom. The summed E-state index contributed by atoms with van der Waals surface area (Å²) in [6, 6.07) is 9.05. The van der Waals surface area contributed by atoms with E-state index in [0.29, 0.717) is 17.7 Å². The molecule has 0 saturated carbocycles. The molecule has 4 rings (SSSR count). The molecule has 2 atom stereocenters. The monoisotopic (exact) mass is 315 g/mol. The highest BCUT2D eigenvalue weighted by Gasteiger charge is 2.37. The van der Waals surface area contributed by atoms with E-state index < -0.39 is 17.8 Å². The zero-order valence-electron chi connectivity index (χ0n) is 12.2. The van der Waals surface area contributed by atoms with Gasteiger partial charge in [-0.25, -0.2) is 8.78 Å². The number of para-hydroxylation sites is 1. The minimum atomic E-state index is -0.926. The lowest BCUT2D eigenvalue weighted by Crippen LogP contribution is -2.49. The first-order chi connectivity index (χ1) is 11.1. The van der Waals surface area contributed by atoms with Gasteiger partial charge in [-0.05, 0) is 35.7 Å². The molecule has 0 spiro atoms. The molecular formula is C17H15F2N3O. The first-order valence-corrected chi connectivity index (χ1v) is 7.47. The summed E-state index contributed by atoms with van der Waals surface area (Å²) in [7, 11) is 0. The van der Waals surface area contributed by atoms with Crippen molar-refractivity contribution in [2.45, 2.75) is 18.6 Å². The first kappa shape index (κ1) is 14.1. The molecule has 0 bridgehead atoms. The van der Waals surface area contributed by atoms with Crippen molar-refractivity contribution in [1.29, 1.82) is 0 Å². The van der Waals surface area contributed by atoms with E-state index >= 15 is 0 Å². The van der Waals surface area contributed by atoms with Gasteiger partial charge in [0.15, 0.2) is 11.6 Å². The highest BCUT2D eigenvalue weighted by molar-refractivity contribution is 6.03. The van der Waals surface area contributed by atoms with E-state index in [1.807, 2.05) is 17.0 Å². The van der Waals surface area contributed by atoms with E-state index in [2.05, 4.69) is 5.32 Å². The van der Waals surface area contributed by atoms with E-state index in [0.717, 1.165) is 29.8 Å². The van der Waals surface area contributed by atoms with Crippen molar-refractivity contribution in [2.75, 3.05) is 11.4 Å². The Morgan fingerprint density at radius 2 is 2.00 bits per heavy atom. The molecule has 4 nitrogen and oxygen atoms in total. The van der Waals surface area contributed by atoms with Gasteiger partial charge in [-0.1, -0.05) is 18.2 Å². The molecule has 23 heavy (non-hydrogen) atoms. The molecule has 2 aromatic carbocycles. The van der Waals surface area contributed by atoms with Crippen molar-refractivity contribution in [3.63, 3.8) is 0 Å². The minimum Gasteiger partial charge on any atom is -0.346 e. The lowest BCUT2D eigenvalue weighted by Gasteiger charge is -2.44. The highest BCUT2D eigenvalue weighted by Crippen LogP contribution is 2.42. The Kier molecular flexibility index (Phi) is 3.09. The molecule has 0 aliphatic carbocycles. The number of benzene rings is 2. The number of nitrogens with zero attached hydrogens (tertiary/aromatic N) is 1. The predicted octanol–water partition coefficient (Wildman–Crippen LogP) is 2.62. The summed E-state index contributed by atoms with van der Waals surface area (Å²) in [6.45, 7) is 0.634. The van der Waals surface area contributed by atoms with Crippen LogP contribution in [0.1, 0.15) is 40.1 Å². The van der Waals surface area contributed by atoms with Gasteiger partial charge in [0.2, 0.25) is 0 Å². The van der Waals surface area contributed by atoms with Crippen LogP contribution in [-0.2, 0) is 0 Å². The lowest BCUT2D eigenvalue weighted by molar-refractivity contribution is 0.0925. The summed E-state index contributed by atoms with van der Waals surface area (Å²) in [5.41, 5.74) is 8.94. The van der Waals surface area contributed by atoms with Crippen LogP contribution in [0.15, 0.2) is 36.4 Å². The van der Waals surface area contributed by atoms with Crippen LogP contribution < -0.4 is 16.0 Å².